The van der Waals surface area contributed by atoms with Crippen LogP contribution in [-0.2, 0) is 11.2 Å². The molecule has 1 aromatic heterocycles. The highest BCUT2D eigenvalue weighted by atomic mass is 16.5. The summed E-state index contributed by atoms with van der Waals surface area (Å²) in [5, 5.41) is 2.79. The van der Waals surface area contributed by atoms with Crippen LogP contribution >= 0.6 is 0 Å². The summed E-state index contributed by atoms with van der Waals surface area (Å²) in [6, 6.07) is 10.9. The molecule has 0 spiro atoms. The third kappa shape index (κ3) is 4.28. The molecule has 20 heavy (non-hydrogen) atoms. The van der Waals surface area contributed by atoms with Crippen LogP contribution in [0.4, 0.5) is 5.69 Å². The number of carbonyl (C=O) groups is 1. The predicted octanol–water partition coefficient (Wildman–Crippen LogP) is 1.40. The van der Waals surface area contributed by atoms with E-state index in [4.69, 9.17) is 10.5 Å². The molecule has 0 bridgehead atoms. The van der Waals surface area contributed by atoms with Gasteiger partial charge in [-0.1, -0.05) is 18.2 Å². The maximum absolute atomic E-state index is 11.6. The number of carbonyl (C=O) groups excluding carboxylic acids is 1. The monoisotopic (exact) mass is 271 g/mol. The first kappa shape index (κ1) is 13.9. The average Bonchev–Trinajstić information content (AvgIpc) is 2.47. The van der Waals surface area contributed by atoms with Crippen molar-refractivity contribution in [3.63, 3.8) is 0 Å². The second kappa shape index (κ2) is 7.13. The van der Waals surface area contributed by atoms with Crippen LogP contribution in [0.2, 0.25) is 0 Å². The molecule has 2 aromatic rings. The quantitative estimate of drug-likeness (QED) is 0.779. The van der Waals surface area contributed by atoms with Crippen LogP contribution in [0.1, 0.15) is 5.56 Å². The molecule has 0 atom stereocenters. The van der Waals surface area contributed by atoms with Crippen LogP contribution in [0.15, 0.2) is 48.8 Å². The van der Waals surface area contributed by atoms with Gasteiger partial charge in [0.1, 0.15) is 5.75 Å². The first-order valence-corrected chi connectivity index (χ1v) is 6.38. The molecule has 0 saturated carbocycles. The Kier molecular flexibility index (Phi) is 4.94. The highest BCUT2D eigenvalue weighted by molar-refractivity contribution is 5.77. The molecule has 0 aliphatic rings. The number of hydrogen-bond acceptors (Lipinski definition) is 4. The Bertz CT molecular complexity index is 558. The van der Waals surface area contributed by atoms with E-state index in [2.05, 4.69) is 10.3 Å². The van der Waals surface area contributed by atoms with Crippen LogP contribution in [0.5, 0.6) is 5.75 Å². The zero-order valence-corrected chi connectivity index (χ0v) is 11.1. The van der Waals surface area contributed by atoms with Crippen molar-refractivity contribution >= 4 is 11.6 Å². The lowest BCUT2D eigenvalue weighted by Crippen LogP contribution is -2.30. The molecule has 0 unspecified atom stereocenters. The van der Waals surface area contributed by atoms with E-state index in [9.17, 15) is 4.79 Å². The Morgan fingerprint density at radius 1 is 1.25 bits per heavy atom. The van der Waals surface area contributed by atoms with Crippen molar-refractivity contribution < 1.29 is 9.53 Å². The molecule has 0 saturated heterocycles. The molecule has 3 N–H and O–H groups in total. The third-order valence-electron chi connectivity index (χ3n) is 2.74. The molecule has 0 aliphatic heterocycles. The normalized spacial score (nSPS) is 10.0. The molecule has 1 amide bonds. The van der Waals surface area contributed by atoms with Crippen LogP contribution < -0.4 is 15.8 Å². The lowest BCUT2D eigenvalue weighted by atomic mass is 10.2. The number of rotatable bonds is 6. The molecule has 2 rings (SSSR count). The van der Waals surface area contributed by atoms with E-state index >= 15 is 0 Å². The summed E-state index contributed by atoms with van der Waals surface area (Å²) in [6.45, 7) is 0.513. The number of aromatic nitrogens is 1. The van der Waals surface area contributed by atoms with Crippen molar-refractivity contribution in [1.29, 1.82) is 0 Å². The van der Waals surface area contributed by atoms with Crippen molar-refractivity contribution in [2.75, 3.05) is 18.9 Å². The standard InChI is InChI=1S/C15H17N3O2/c16-13-5-1-2-6-14(13)20-11-15(19)18-9-7-12-4-3-8-17-10-12/h1-6,8,10H,7,9,11,16H2,(H,18,19). The Morgan fingerprint density at radius 2 is 2.10 bits per heavy atom. The number of nitrogen functional groups attached to an aromatic ring is 1. The Morgan fingerprint density at radius 3 is 2.85 bits per heavy atom. The Balaban J connectivity index is 1.70. The number of anilines is 1. The summed E-state index contributed by atoms with van der Waals surface area (Å²) >= 11 is 0. The van der Waals surface area contributed by atoms with Crippen molar-refractivity contribution in [2.24, 2.45) is 0 Å². The van der Waals surface area contributed by atoms with Gasteiger partial charge in [-0.3, -0.25) is 9.78 Å². The van der Waals surface area contributed by atoms with Gasteiger partial charge >= 0.3 is 0 Å². The van der Waals surface area contributed by atoms with E-state index in [1.54, 1.807) is 24.5 Å². The second-order valence-corrected chi connectivity index (χ2v) is 4.29. The number of pyridine rings is 1. The van der Waals surface area contributed by atoms with Gasteiger partial charge in [-0.15, -0.1) is 0 Å². The highest BCUT2D eigenvalue weighted by Crippen LogP contribution is 2.19. The van der Waals surface area contributed by atoms with Gasteiger partial charge in [0.05, 0.1) is 5.69 Å². The molecular weight excluding hydrogens is 254 g/mol. The number of amides is 1. The Hall–Kier alpha value is -2.56. The first-order chi connectivity index (χ1) is 9.75. The third-order valence-corrected chi connectivity index (χ3v) is 2.74. The molecule has 5 nitrogen and oxygen atoms in total. The van der Waals surface area contributed by atoms with Gasteiger partial charge in [0.15, 0.2) is 6.61 Å². The summed E-state index contributed by atoms with van der Waals surface area (Å²) in [5.74, 6) is 0.354. The molecular formula is C15H17N3O2. The molecule has 1 aromatic carbocycles. The molecule has 1 heterocycles. The average molecular weight is 271 g/mol. The van der Waals surface area contributed by atoms with Crippen LogP contribution in [0.3, 0.4) is 0 Å². The minimum absolute atomic E-state index is 0.0404. The van der Waals surface area contributed by atoms with Gasteiger partial charge in [-0.25, -0.2) is 0 Å². The van der Waals surface area contributed by atoms with Crippen molar-refractivity contribution in [1.82, 2.24) is 10.3 Å². The van der Waals surface area contributed by atoms with Crippen LogP contribution in [0.25, 0.3) is 0 Å². The van der Waals surface area contributed by atoms with Crippen LogP contribution in [0, 0.1) is 0 Å². The van der Waals surface area contributed by atoms with E-state index in [-0.39, 0.29) is 12.5 Å². The maximum atomic E-state index is 11.6. The van der Waals surface area contributed by atoms with Gasteiger partial charge in [0.2, 0.25) is 0 Å². The fourth-order valence-electron chi connectivity index (χ4n) is 1.70. The summed E-state index contributed by atoms with van der Waals surface area (Å²) in [7, 11) is 0. The molecule has 104 valence electrons. The summed E-state index contributed by atoms with van der Waals surface area (Å²) in [5.41, 5.74) is 7.33. The summed E-state index contributed by atoms with van der Waals surface area (Å²) < 4.78 is 5.35. The lowest BCUT2D eigenvalue weighted by Gasteiger charge is -2.09. The van der Waals surface area contributed by atoms with E-state index in [1.807, 2.05) is 24.3 Å². The summed E-state index contributed by atoms with van der Waals surface area (Å²) in [4.78, 5) is 15.6. The zero-order valence-electron chi connectivity index (χ0n) is 11.1. The van der Waals surface area contributed by atoms with Gasteiger partial charge in [-0.05, 0) is 30.2 Å². The van der Waals surface area contributed by atoms with Gasteiger partial charge in [0.25, 0.3) is 5.91 Å². The zero-order chi connectivity index (χ0) is 14.2. The van der Waals surface area contributed by atoms with Crippen molar-refractivity contribution in [3.8, 4) is 5.75 Å². The molecule has 0 fully saturated rings. The maximum Gasteiger partial charge on any atom is 0.257 e. The van der Waals surface area contributed by atoms with Crippen LogP contribution in [-0.4, -0.2) is 24.0 Å². The number of hydrogen-bond donors (Lipinski definition) is 2. The molecule has 5 heteroatoms. The van der Waals surface area contributed by atoms with Gasteiger partial charge < -0.3 is 15.8 Å². The van der Waals surface area contributed by atoms with Gasteiger partial charge in [0, 0.05) is 18.9 Å². The SMILES string of the molecule is Nc1ccccc1OCC(=O)NCCc1cccnc1. The fourth-order valence-corrected chi connectivity index (χ4v) is 1.70. The number of para-hydroxylation sites is 2. The molecule has 0 aliphatic carbocycles. The number of ether oxygens (including phenoxy) is 1. The van der Waals surface area contributed by atoms with E-state index in [1.165, 1.54) is 0 Å². The number of nitrogens with zero attached hydrogens (tertiary/aromatic N) is 1. The van der Waals surface area contributed by atoms with Gasteiger partial charge in [-0.2, -0.15) is 0 Å². The van der Waals surface area contributed by atoms with E-state index < -0.39 is 0 Å². The number of nitrogens with two attached hydrogens (primary N) is 1. The first-order valence-electron chi connectivity index (χ1n) is 6.38. The van der Waals surface area contributed by atoms with Crippen molar-refractivity contribution in [3.05, 3.63) is 54.4 Å². The predicted molar refractivity (Wildman–Crippen MR) is 77.3 cm³/mol. The molecule has 0 radical (unpaired) electrons. The van der Waals surface area contributed by atoms with E-state index in [0.717, 1.165) is 12.0 Å². The largest absolute Gasteiger partial charge is 0.482 e. The topological polar surface area (TPSA) is 77.2 Å². The van der Waals surface area contributed by atoms with Crippen molar-refractivity contribution in [2.45, 2.75) is 6.42 Å². The second-order valence-electron chi connectivity index (χ2n) is 4.29. The Labute approximate surface area is 117 Å². The number of nitrogens with one attached hydrogen (secondary N) is 1. The fraction of sp³-hybridized carbons (Fsp3) is 0.200. The lowest BCUT2D eigenvalue weighted by molar-refractivity contribution is -0.123. The summed E-state index contributed by atoms with van der Waals surface area (Å²) in [6.07, 6.45) is 4.25. The number of benzene rings is 1. The highest BCUT2D eigenvalue weighted by Gasteiger charge is 2.04. The smallest absolute Gasteiger partial charge is 0.257 e. The minimum atomic E-state index is -0.169. The van der Waals surface area contributed by atoms with E-state index in [0.29, 0.717) is 18.0 Å². The minimum Gasteiger partial charge on any atom is -0.482 e.